The zero-order valence-corrected chi connectivity index (χ0v) is 20.0. The molecule has 1 fully saturated rings. The summed E-state index contributed by atoms with van der Waals surface area (Å²) in [5.74, 6) is -1.72. The number of sulfone groups is 1. The van der Waals surface area contributed by atoms with Crippen LogP contribution in [0.1, 0.15) is 20.9 Å². The average Bonchev–Trinajstić information content (AvgIpc) is 3.42. The molecular formula is C24H22ClN3O6S. The lowest BCUT2D eigenvalue weighted by molar-refractivity contribution is -0.132. The fraction of sp³-hybridized carbons (Fsp3) is 0.208. The van der Waals surface area contributed by atoms with Gasteiger partial charge in [-0.3, -0.25) is 14.4 Å². The average molecular weight is 516 g/mol. The number of piperazine rings is 1. The Morgan fingerprint density at radius 3 is 2.11 bits per heavy atom. The van der Waals surface area contributed by atoms with Crippen LogP contribution in [0, 0.1) is 0 Å². The van der Waals surface area contributed by atoms with Crippen LogP contribution in [0.2, 0.25) is 5.02 Å². The molecule has 3 amide bonds. The number of benzene rings is 2. The highest BCUT2D eigenvalue weighted by Gasteiger charge is 2.40. The number of nitrogens with one attached hydrogen (secondary N) is 1. The lowest BCUT2D eigenvalue weighted by atomic mass is 10.2. The quantitative estimate of drug-likeness (QED) is 0.539. The Labute approximate surface area is 207 Å². The Bertz CT molecular complexity index is 1320. The molecule has 35 heavy (non-hydrogen) atoms. The molecule has 3 aromatic rings. The molecule has 2 heterocycles. The van der Waals surface area contributed by atoms with E-state index in [1.54, 1.807) is 30.3 Å². The smallest absolute Gasteiger partial charge is 0.289 e. The summed E-state index contributed by atoms with van der Waals surface area (Å²) >= 11 is 6.10. The van der Waals surface area contributed by atoms with Crippen molar-refractivity contribution in [1.82, 2.24) is 15.1 Å². The van der Waals surface area contributed by atoms with Gasteiger partial charge in [-0.25, -0.2) is 8.42 Å². The topological polar surface area (TPSA) is 117 Å². The zero-order chi connectivity index (χ0) is 25.0. The molecule has 0 saturated carbocycles. The van der Waals surface area contributed by atoms with E-state index >= 15 is 0 Å². The first-order valence-corrected chi connectivity index (χ1v) is 12.7. The van der Waals surface area contributed by atoms with Crippen molar-refractivity contribution < 1.29 is 27.2 Å². The molecule has 4 rings (SSSR count). The van der Waals surface area contributed by atoms with Crippen LogP contribution in [0.15, 0.2) is 82.3 Å². The van der Waals surface area contributed by atoms with Gasteiger partial charge in [-0.2, -0.15) is 0 Å². The van der Waals surface area contributed by atoms with Gasteiger partial charge in [0.25, 0.3) is 17.7 Å². The second-order valence-corrected chi connectivity index (χ2v) is 10.2. The maximum absolute atomic E-state index is 13.5. The zero-order valence-electron chi connectivity index (χ0n) is 18.5. The van der Waals surface area contributed by atoms with E-state index in [0.717, 1.165) is 0 Å². The molecule has 0 bridgehead atoms. The van der Waals surface area contributed by atoms with Crippen LogP contribution in [0.4, 0.5) is 0 Å². The van der Waals surface area contributed by atoms with Crippen molar-refractivity contribution in [3.8, 4) is 0 Å². The first kappa shape index (κ1) is 24.5. The van der Waals surface area contributed by atoms with Gasteiger partial charge in [-0.1, -0.05) is 41.9 Å². The standard InChI is InChI=1S/C24H22ClN3O6S/c25-19-10-5-4-9-18(19)21(29)26-22(35(32,33)17-7-2-1-3-8-17)24(31)28-14-12-27(13-15-28)23(30)20-11-6-16-34-20/h1-11,16,22H,12-15H2,(H,26,29)/t22-/m0/s1. The number of hydrogen-bond acceptors (Lipinski definition) is 6. The van der Waals surface area contributed by atoms with E-state index in [-0.39, 0.29) is 53.3 Å². The van der Waals surface area contributed by atoms with E-state index in [1.165, 1.54) is 52.5 Å². The molecule has 182 valence electrons. The van der Waals surface area contributed by atoms with Crippen LogP contribution >= 0.6 is 11.6 Å². The molecule has 0 unspecified atom stereocenters. The maximum atomic E-state index is 13.5. The monoisotopic (exact) mass is 515 g/mol. The molecule has 1 saturated heterocycles. The number of carbonyl (C=O) groups excluding carboxylic acids is 3. The number of nitrogens with zero attached hydrogens (tertiary/aromatic N) is 2. The number of carbonyl (C=O) groups is 3. The van der Waals surface area contributed by atoms with Crippen LogP contribution in [-0.4, -0.2) is 67.5 Å². The Kier molecular flexibility index (Phi) is 7.23. The van der Waals surface area contributed by atoms with Crippen molar-refractivity contribution in [3.63, 3.8) is 0 Å². The minimum atomic E-state index is -4.29. The molecular weight excluding hydrogens is 494 g/mol. The summed E-state index contributed by atoms with van der Waals surface area (Å²) < 4.78 is 32.0. The normalized spacial score (nSPS) is 14.9. The summed E-state index contributed by atoms with van der Waals surface area (Å²) in [7, 11) is -4.29. The number of halogens is 1. The summed E-state index contributed by atoms with van der Waals surface area (Å²) in [4.78, 5) is 41.6. The molecule has 1 aliphatic heterocycles. The minimum Gasteiger partial charge on any atom is -0.459 e. The van der Waals surface area contributed by atoms with Gasteiger partial charge < -0.3 is 19.5 Å². The van der Waals surface area contributed by atoms with Gasteiger partial charge in [0.2, 0.25) is 15.2 Å². The molecule has 0 radical (unpaired) electrons. The second kappa shape index (κ2) is 10.3. The molecule has 1 N–H and O–H groups in total. The summed E-state index contributed by atoms with van der Waals surface area (Å²) in [6.45, 7) is 0.547. The van der Waals surface area contributed by atoms with Crippen LogP contribution in [0.5, 0.6) is 0 Å². The van der Waals surface area contributed by atoms with Gasteiger partial charge in [0, 0.05) is 26.2 Å². The first-order chi connectivity index (χ1) is 16.8. The lowest BCUT2D eigenvalue weighted by Gasteiger charge is -2.36. The number of amides is 3. The van der Waals surface area contributed by atoms with E-state index in [4.69, 9.17) is 16.0 Å². The SMILES string of the molecule is O=C(N[C@H](C(=O)N1CCN(C(=O)c2ccco2)CC1)S(=O)(=O)c1ccccc1)c1ccccc1Cl. The fourth-order valence-electron chi connectivity index (χ4n) is 3.71. The molecule has 0 spiro atoms. The predicted molar refractivity (Wildman–Crippen MR) is 128 cm³/mol. The largest absolute Gasteiger partial charge is 0.459 e. The van der Waals surface area contributed by atoms with Crippen LogP contribution < -0.4 is 5.32 Å². The van der Waals surface area contributed by atoms with Gasteiger partial charge in [-0.05, 0) is 36.4 Å². The minimum absolute atomic E-state index is 0.0455. The molecule has 9 nitrogen and oxygen atoms in total. The van der Waals surface area contributed by atoms with Crippen LogP contribution in [0.3, 0.4) is 0 Å². The highest BCUT2D eigenvalue weighted by molar-refractivity contribution is 7.92. The Morgan fingerprint density at radius 1 is 0.857 bits per heavy atom. The van der Waals surface area contributed by atoms with Gasteiger partial charge >= 0.3 is 0 Å². The molecule has 11 heteroatoms. The third kappa shape index (κ3) is 5.23. The summed E-state index contributed by atoms with van der Waals surface area (Å²) in [6, 6.07) is 16.7. The molecule has 1 atom stereocenters. The van der Waals surface area contributed by atoms with Crippen LogP contribution in [-0.2, 0) is 14.6 Å². The Morgan fingerprint density at radius 2 is 1.49 bits per heavy atom. The van der Waals surface area contributed by atoms with E-state index < -0.39 is 27.0 Å². The third-order valence-corrected chi connectivity index (χ3v) is 7.80. The summed E-state index contributed by atoms with van der Waals surface area (Å²) in [5.41, 5.74) is 0.0455. The van der Waals surface area contributed by atoms with E-state index in [9.17, 15) is 22.8 Å². The Hall–Kier alpha value is -3.63. The summed E-state index contributed by atoms with van der Waals surface area (Å²) in [5, 5.41) is 0.618. The van der Waals surface area contributed by atoms with Crippen LogP contribution in [0.25, 0.3) is 0 Å². The first-order valence-electron chi connectivity index (χ1n) is 10.7. The van der Waals surface area contributed by atoms with Gasteiger partial charge in [0.1, 0.15) is 0 Å². The molecule has 2 aromatic carbocycles. The van der Waals surface area contributed by atoms with Gasteiger partial charge in [0.15, 0.2) is 5.76 Å². The van der Waals surface area contributed by atoms with Crippen molar-refractivity contribution in [2.24, 2.45) is 0 Å². The van der Waals surface area contributed by atoms with Gasteiger partial charge in [0.05, 0.1) is 21.7 Å². The van der Waals surface area contributed by atoms with Gasteiger partial charge in [-0.15, -0.1) is 0 Å². The highest BCUT2D eigenvalue weighted by atomic mass is 35.5. The number of furan rings is 1. The maximum Gasteiger partial charge on any atom is 0.289 e. The predicted octanol–water partition coefficient (Wildman–Crippen LogP) is 2.45. The van der Waals surface area contributed by atoms with E-state index in [2.05, 4.69) is 5.32 Å². The number of hydrogen-bond donors (Lipinski definition) is 1. The number of rotatable bonds is 6. The molecule has 1 aromatic heterocycles. The lowest BCUT2D eigenvalue weighted by Crippen LogP contribution is -2.57. The van der Waals surface area contributed by atoms with Crippen molar-refractivity contribution >= 4 is 39.2 Å². The van der Waals surface area contributed by atoms with E-state index in [1.807, 2.05) is 0 Å². The molecule has 0 aliphatic carbocycles. The third-order valence-electron chi connectivity index (χ3n) is 5.60. The second-order valence-electron chi connectivity index (χ2n) is 7.79. The van der Waals surface area contributed by atoms with Crippen molar-refractivity contribution in [3.05, 3.63) is 89.3 Å². The van der Waals surface area contributed by atoms with Crippen molar-refractivity contribution in [1.29, 1.82) is 0 Å². The molecule has 1 aliphatic rings. The van der Waals surface area contributed by atoms with Crippen molar-refractivity contribution in [2.75, 3.05) is 26.2 Å². The van der Waals surface area contributed by atoms with E-state index in [0.29, 0.717) is 0 Å². The fourth-order valence-corrected chi connectivity index (χ4v) is 5.42. The highest BCUT2D eigenvalue weighted by Crippen LogP contribution is 2.20. The summed E-state index contributed by atoms with van der Waals surface area (Å²) in [6.07, 6.45) is 1.40. The van der Waals surface area contributed by atoms with Crippen molar-refractivity contribution in [2.45, 2.75) is 10.3 Å². The Balaban J connectivity index is 1.56.